The maximum absolute atomic E-state index is 13.6. The third kappa shape index (κ3) is 2.78. The zero-order valence-corrected chi connectivity index (χ0v) is 15.4. The van der Waals surface area contributed by atoms with E-state index in [1.54, 1.807) is 16.8 Å². The lowest BCUT2D eigenvalue weighted by Gasteiger charge is -2.11. The highest BCUT2D eigenvalue weighted by molar-refractivity contribution is 6.06. The molecule has 0 radical (unpaired) electrons. The van der Waals surface area contributed by atoms with Crippen LogP contribution in [0.5, 0.6) is 0 Å². The van der Waals surface area contributed by atoms with E-state index in [-0.39, 0.29) is 17.6 Å². The minimum Gasteiger partial charge on any atom is -0.343 e. The van der Waals surface area contributed by atoms with Crippen LogP contribution in [-0.2, 0) is 18.4 Å². The standard InChI is InChI=1S/C22H19FN4O/c1-26-12-15(10-24-26)17-9-21(28)25-19-6-3-7-20-22(19)18(17)13-27(20)11-14-4-2-5-16(23)8-14/h2-8,10,12-13,17H,9,11H2,1H3,(H,25,28). The van der Waals surface area contributed by atoms with Crippen molar-refractivity contribution in [2.24, 2.45) is 7.05 Å². The molecule has 5 rings (SSSR count). The van der Waals surface area contributed by atoms with Gasteiger partial charge in [-0.1, -0.05) is 18.2 Å². The summed E-state index contributed by atoms with van der Waals surface area (Å²) in [6.45, 7) is 0.561. The minimum absolute atomic E-state index is 0.00534. The number of amides is 1. The molecule has 28 heavy (non-hydrogen) atoms. The van der Waals surface area contributed by atoms with Crippen LogP contribution in [-0.4, -0.2) is 20.3 Å². The van der Waals surface area contributed by atoms with Gasteiger partial charge in [-0.15, -0.1) is 0 Å². The second-order valence-electron chi connectivity index (χ2n) is 7.29. The summed E-state index contributed by atoms with van der Waals surface area (Å²) in [6.07, 6.45) is 6.24. The molecule has 1 atom stereocenters. The summed E-state index contributed by atoms with van der Waals surface area (Å²) in [7, 11) is 1.87. The predicted molar refractivity (Wildman–Crippen MR) is 106 cm³/mol. The highest BCUT2D eigenvalue weighted by Gasteiger charge is 2.28. The molecule has 0 spiro atoms. The lowest BCUT2D eigenvalue weighted by atomic mass is 9.91. The second-order valence-corrected chi connectivity index (χ2v) is 7.29. The summed E-state index contributed by atoms with van der Waals surface area (Å²) < 4.78 is 17.5. The van der Waals surface area contributed by atoms with Gasteiger partial charge in [0, 0.05) is 43.7 Å². The molecule has 1 aliphatic rings. The average Bonchev–Trinajstić information content (AvgIpc) is 3.21. The Labute approximate surface area is 161 Å². The highest BCUT2D eigenvalue weighted by atomic mass is 19.1. The smallest absolute Gasteiger partial charge is 0.225 e. The van der Waals surface area contributed by atoms with Crippen molar-refractivity contribution in [3.8, 4) is 0 Å². The number of hydrogen-bond donors (Lipinski definition) is 1. The molecule has 1 N–H and O–H groups in total. The Morgan fingerprint density at radius 3 is 2.86 bits per heavy atom. The number of carbonyl (C=O) groups is 1. The van der Waals surface area contributed by atoms with Crippen LogP contribution in [0.1, 0.15) is 29.0 Å². The maximum atomic E-state index is 13.6. The van der Waals surface area contributed by atoms with Gasteiger partial charge in [-0.25, -0.2) is 4.39 Å². The molecule has 4 aromatic rings. The molecule has 0 aliphatic carbocycles. The van der Waals surface area contributed by atoms with Crippen molar-refractivity contribution >= 4 is 22.5 Å². The van der Waals surface area contributed by atoms with Crippen LogP contribution in [0, 0.1) is 5.82 Å². The number of nitrogens with one attached hydrogen (secondary N) is 1. The molecule has 0 fully saturated rings. The van der Waals surface area contributed by atoms with Crippen LogP contribution in [0.3, 0.4) is 0 Å². The Balaban J connectivity index is 1.69. The number of aromatic nitrogens is 3. The van der Waals surface area contributed by atoms with E-state index in [1.807, 2.05) is 43.7 Å². The molecular formula is C22H19FN4O. The summed E-state index contributed by atoms with van der Waals surface area (Å²) in [5.41, 5.74) is 4.84. The molecule has 3 heterocycles. The first-order valence-electron chi connectivity index (χ1n) is 9.23. The molecule has 0 bridgehead atoms. The number of halogens is 1. The monoisotopic (exact) mass is 374 g/mol. The van der Waals surface area contributed by atoms with E-state index in [0.717, 1.165) is 33.3 Å². The topological polar surface area (TPSA) is 51.9 Å². The van der Waals surface area contributed by atoms with E-state index < -0.39 is 0 Å². The van der Waals surface area contributed by atoms with Crippen molar-refractivity contribution in [2.45, 2.75) is 18.9 Å². The van der Waals surface area contributed by atoms with Gasteiger partial charge >= 0.3 is 0 Å². The second kappa shape index (κ2) is 6.34. The SMILES string of the molecule is Cn1cc(C2CC(=O)Nc3cccc4c3c2cn4Cc2cccc(F)c2)cn1. The predicted octanol–water partition coefficient (Wildman–Crippen LogP) is 4.04. The Hall–Kier alpha value is -3.41. The van der Waals surface area contributed by atoms with Crippen LogP contribution in [0.2, 0.25) is 0 Å². The number of carbonyl (C=O) groups excluding carboxylic acids is 1. The summed E-state index contributed by atoms with van der Waals surface area (Å²) in [4.78, 5) is 12.5. The number of hydrogen-bond acceptors (Lipinski definition) is 2. The van der Waals surface area contributed by atoms with Crippen LogP contribution in [0.25, 0.3) is 10.9 Å². The van der Waals surface area contributed by atoms with E-state index in [0.29, 0.717) is 13.0 Å². The fourth-order valence-electron chi connectivity index (χ4n) is 4.13. The maximum Gasteiger partial charge on any atom is 0.225 e. The van der Waals surface area contributed by atoms with Crippen LogP contribution < -0.4 is 5.32 Å². The number of anilines is 1. The largest absolute Gasteiger partial charge is 0.343 e. The van der Waals surface area contributed by atoms with Crippen molar-refractivity contribution in [1.82, 2.24) is 14.3 Å². The molecule has 1 aliphatic heterocycles. The van der Waals surface area contributed by atoms with Gasteiger partial charge in [0.1, 0.15) is 5.82 Å². The minimum atomic E-state index is -0.239. The molecule has 1 amide bonds. The zero-order valence-electron chi connectivity index (χ0n) is 15.4. The zero-order chi connectivity index (χ0) is 19.3. The first kappa shape index (κ1) is 16.7. The summed E-state index contributed by atoms with van der Waals surface area (Å²) in [6, 6.07) is 12.6. The van der Waals surface area contributed by atoms with Crippen molar-refractivity contribution in [1.29, 1.82) is 0 Å². The van der Waals surface area contributed by atoms with Crippen LogP contribution in [0.4, 0.5) is 10.1 Å². The van der Waals surface area contributed by atoms with E-state index in [4.69, 9.17) is 0 Å². The lowest BCUT2D eigenvalue weighted by Crippen LogP contribution is -2.13. The fourth-order valence-corrected chi connectivity index (χ4v) is 4.13. The average molecular weight is 374 g/mol. The van der Waals surface area contributed by atoms with E-state index in [2.05, 4.69) is 21.2 Å². The lowest BCUT2D eigenvalue weighted by molar-refractivity contribution is -0.116. The molecule has 2 aromatic carbocycles. The molecule has 6 heteroatoms. The van der Waals surface area contributed by atoms with E-state index in [9.17, 15) is 9.18 Å². The first-order valence-corrected chi connectivity index (χ1v) is 9.23. The van der Waals surface area contributed by atoms with Gasteiger partial charge < -0.3 is 9.88 Å². The van der Waals surface area contributed by atoms with Gasteiger partial charge in [0.05, 0.1) is 17.4 Å². The summed E-state index contributed by atoms with van der Waals surface area (Å²) in [5.74, 6) is -0.320. The number of aryl methyl sites for hydroxylation is 1. The molecular weight excluding hydrogens is 355 g/mol. The van der Waals surface area contributed by atoms with Gasteiger partial charge in [0.15, 0.2) is 0 Å². The molecule has 140 valence electrons. The third-order valence-electron chi connectivity index (χ3n) is 5.34. The third-order valence-corrected chi connectivity index (χ3v) is 5.34. The van der Waals surface area contributed by atoms with Gasteiger partial charge in [-0.05, 0) is 41.0 Å². The molecule has 0 saturated heterocycles. The number of rotatable bonds is 3. The molecule has 2 aromatic heterocycles. The first-order chi connectivity index (χ1) is 13.6. The van der Waals surface area contributed by atoms with E-state index in [1.165, 1.54) is 6.07 Å². The summed E-state index contributed by atoms with van der Waals surface area (Å²) >= 11 is 0. The summed E-state index contributed by atoms with van der Waals surface area (Å²) in [5, 5.41) is 8.37. The van der Waals surface area contributed by atoms with Crippen molar-refractivity contribution < 1.29 is 9.18 Å². The van der Waals surface area contributed by atoms with Gasteiger partial charge in [-0.3, -0.25) is 9.48 Å². The Morgan fingerprint density at radius 1 is 1.21 bits per heavy atom. The van der Waals surface area contributed by atoms with Gasteiger partial charge in [0.2, 0.25) is 5.91 Å². The fraction of sp³-hybridized carbons (Fsp3) is 0.182. The number of benzene rings is 2. The molecule has 1 unspecified atom stereocenters. The number of nitrogens with zero attached hydrogens (tertiary/aromatic N) is 3. The van der Waals surface area contributed by atoms with Crippen molar-refractivity contribution in [3.63, 3.8) is 0 Å². The molecule has 0 saturated carbocycles. The van der Waals surface area contributed by atoms with Crippen LogP contribution in [0.15, 0.2) is 61.1 Å². The normalized spacial score (nSPS) is 16.2. The van der Waals surface area contributed by atoms with Gasteiger partial charge in [0.25, 0.3) is 0 Å². The highest BCUT2D eigenvalue weighted by Crippen LogP contribution is 2.40. The van der Waals surface area contributed by atoms with Crippen molar-refractivity contribution in [3.05, 3.63) is 83.6 Å². The van der Waals surface area contributed by atoms with E-state index >= 15 is 0 Å². The molecule has 5 nitrogen and oxygen atoms in total. The Kier molecular flexibility index (Phi) is 3.79. The van der Waals surface area contributed by atoms with Crippen molar-refractivity contribution in [2.75, 3.05) is 5.32 Å². The van der Waals surface area contributed by atoms with Crippen LogP contribution >= 0.6 is 0 Å². The van der Waals surface area contributed by atoms with Gasteiger partial charge in [-0.2, -0.15) is 5.10 Å². The Morgan fingerprint density at radius 2 is 2.07 bits per heavy atom. The Bertz CT molecular complexity index is 1210. The quantitative estimate of drug-likeness (QED) is 0.588.